The van der Waals surface area contributed by atoms with Gasteiger partial charge in [0, 0.05) is 47.8 Å². The molecule has 0 unspecified atom stereocenters. The average molecular weight is 722 g/mol. The third-order valence-corrected chi connectivity index (χ3v) is 12.5. The number of allylic oxidation sites excluding steroid dienone is 4. The van der Waals surface area contributed by atoms with Gasteiger partial charge in [-0.3, -0.25) is 4.79 Å². The number of rotatable bonds is 5. The lowest BCUT2D eigenvalue weighted by Gasteiger charge is -2.56. The third-order valence-electron chi connectivity index (χ3n) is 12.5. The number of urea groups is 1. The molecule has 11 heteroatoms. The van der Waals surface area contributed by atoms with Crippen LogP contribution in [-0.4, -0.2) is 54.3 Å². The van der Waals surface area contributed by atoms with Crippen molar-refractivity contribution in [3.05, 3.63) is 82.5 Å². The zero-order chi connectivity index (χ0) is 36.9. The van der Waals surface area contributed by atoms with E-state index in [0.29, 0.717) is 36.9 Å². The number of nitrogens with one attached hydrogen (secondary N) is 2. The number of carbonyl (C=O) groups excluding carboxylic acids is 2. The number of halogens is 5. The number of anilines is 2. The van der Waals surface area contributed by atoms with E-state index < -0.39 is 47.4 Å². The molecule has 52 heavy (non-hydrogen) atoms. The van der Waals surface area contributed by atoms with Crippen LogP contribution < -0.4 is 15.5 Å². The van der Waals surface area contributed by atoms with E-state index in [2.05, 4.69) is 27.4 Å². The highest BCUT2D eigenvalue weighted by Gasteiger charge is 2.79. The van der Waals surface area contributed by atoms with Crippen molar-refractivity contribution in [1.29, 1.82) is 0 Å². The van der Waals surface area contributed by atoms with E-state index in [0.717, 1.165) is 41.1 Å². The molecule has 3 N–H and O–H groups in total. The monoisotopic (exact) mass is 721 g/mol. The second-order valence-corrected chi connectivity index (χ2v) is 15.3. The van der Waals surface area contributed by atoms with Gasteiger partial charge in [0.2, 0.25) is 0 Å². The van der Waals surface area contributed by atoms with E-state index in [1.54, 1.807) is 18.2 Å². The summed E-state index contributed by atoms with van der Waals surface area (Å²) >= 11 is 0. The van der Waals surface area contributed by atoms with Gasteiger partial charge < -0.3 is 20.6 Å². The van der Waals surface area contributed by atoms with Gasteiger partial charge in [-0.2, -0.15) is 22.0 Å². The Morgan fingerprint density at radius 1 is 0.962 bits per heavy atom. The number of carbonyl (C=O) groups is 2. The first-order valence-electron chi connectivity index (χ1n) is 18.3. The molecule has 0 aromatic heterocycles. The molecule has 2 amide bonds. The van der Waals surface area contributed by atoms with Gasteiger partial charge in [0.15, 0.2) is 5.78 Å². The molecule has 5 aliphatic rings. The summed E-state index contributed by atoms with van der Waals surface area (Å²) in [5, 5.41) is 17.0. The minimum atomic E-state index is -5.89. The van der Waals surface area contributed by atoms with Crippen LogP contribution in [0.1, 0.15) is 88.2 Å². The van der Waals surface area contributed by atoms with Crippen molar-refractivity contribution >= 4 is 23.2 Å². The number of piperidine rings is 1. The van der Waals surface area contributed by atoms with Crippen LogP contribution in [0.5, 0.6) is 0 Å². The van der Waals surface area contributed by atoms with E-state index in [4.69, 9.17) is 0 Å². The lowest BCUT2D eigenvalue weighted by molar-refractivity contribution is -0.362. The summed E-state index contributed by atoms with van der Waals surface area (Å²) in [5.74, 6) is -0.659. The Morgan fingerprint density at radius 2 is 1.67 bits per heavy atom. The zero-order valence-electron chi connectivity index (χ0n) is 29.2. The molecular weight excluding hydrogens is 677 g/mol. The van der Waals surface area contributed by atoms with Gasteiger partial charge in [-0.05, 0) is 129 Å². The molecule has 2 aromatic carbocycles. The first-order valence-corrected chi connectivity index (χ1v) is 18.3. The molecule has 2 aromatic rings. The number of nitrogens with zero attached hydrogens (tertiary/aromatic N) is 1. The number of amides is 2. The standard InChI is InChI=1S/C41H44F5N3O3/c1-38-25-34(36-32-18-16-31(50)24-28(32)11-17-33(36)35(38)19-20-39(38,52)40(42,43)41(44,45)46)27-9-7-26(8-10-27)6-5-21-47-37(51)48-29-12-14-30(15-13-29)49-22-3-2-4-23-49/h7-10,12-15,24,33-35,52H,2-4,11,16-23,25H2,1H3,(H2,47,48,51)/t33-,34+,35-,38-,39-/m0/s1. The topological polar surface area (TPSA) is 81.7 Å². The highest BCUT2D eigenvalue weighted by atomic mass is 19.4. The molecule has 276 valence electrons. The predicted molar refractivity (Wildman–Crippen MR) is 189 cm³/mol. The van der Waals surface area contributed by atoms with Gasteiger partial charge in [-0.1, -0.05) is 36.5 Å². The number of fused-ring (bicyclic) bond motifs is 4. The summed E-state index contributed by atoms with van der Waals surface area (Å²) in [6.07, 6.45) is 0.630. The molecule has 1 heterocycles. The number of ketones is 1. The van der Waals surface area contributed by atoms with Crippen LogP contribution in [0.15, 0.2) is 71.3 Å². The molecule has 7 rings (SSSR count). The fourth-order valence-electron chi connectivity index (χ4n) is 9.87. The summed E-state index contributed by atoms with van der Waals surface area (Å²) in [4.78, 5) is 27.1. The second-order valence-electron chi connectivity index (χ2n) is 15.3. The number of benzene rings is 2. The normalized spacial score (nSPS) is 28.9. The van der Waals surface area contributed by atoms with Gasteiger partial charge in [0.1, 0.15) is 5.60 Å². The second kappa shape index (κ2) is 13.7. The largest absolute Gasteiger partial charge is 0.456 e. The summed E-state index contributed by atoms with van der Waals surface area (Å²) in [5.41, 5.74) is 1.19. The van der Waals surface area contributed by atoms with E-state index in [9.17, 15) is 27.9 Å². The lowest BCUT2D eigenvalue weighted by Crippen LogP contribution is -2.65. The number of hydrogen-bond acceptors (Lipinski definition) is 4. The van der Waals surface area contributed by atoms with E-state index in [-0.39, 0.29) is 31.1 Å². The van der Waals surface area contributed by atoms with E-state index in [1.807, 2.05) is 36.4 Å². The van der Waals surface area contributed by atoms with Crippen LogP contribution in [0.4, 0.5) is 38.1 Å². The van der Waals surface area contributed by atoms with Crippen molar-refractivity contribution in [3.8, 4) is 11.8 Å². The summed E-state index contributed by atoms with van der Waals surface area (Å²) in [7, 11) is 0. The highest BCUT2D eigenvalue weighted by Crippen LogP contribution is 2.70. The van der Waals surface area contributed by atoms with Gasteiger partial charge in [-0.15, -0.1) is 0 Å². The van der Waals surface area contributed by atoms with E-state index >= 15 is 8.78 Å². The Morgan fingerprint density at radius 3 is 2.37 bits per heavy atom. The fourth-order valence-corrected chi connectivity index (χ4v) is 9.87. The van der Waals surface area contributed by atoms with Crippen LogP contribution in [0, 0.1) is 29.1 Å². The van der Waals surface area contributed by atoms with Crippen molar-refractivity contribution < 1.29 is 36.6 Å². The maximum absolute atomic E-state index is 15.3. The maximum Gasteiger partial charge on any atom is 0.456 e. The van der Waals surface area contributed by atoms with Crippen molar-refractivity contribution in [3.63, 3.8) is 0 Å². The SMILES string of the molecule is C[C@]12C[C@H](c3ccc(C#CCNC(=O)Nc4ccc(N5CCCCC5)cc4)cc3)C3=C4CCC(=O)C=C4CC[C@H]3[C@@H]1CC[C@@]2(O)C(F)(F)C(F)(F)F. The third kappa shape index (κ3) is 6.31. The molecular formula is C41H44F5N3O3. The Kier molecular flexibility index (Phi) is 9.52. The smallest absolute Gasteiger partial charge is 0.383 e. The van der Waals surface area contributed by atoms with Crippen LogP contribution in [0.3, 0.4) is 0 Å². The average Bonchev–Trinajstić information content (AvgIpc) is 3.41. The maximum atomic E-state index is 15.3. The molecule has 5 atom stereocenters. The van der Waals surface area contributed by atoms with Crippen LogP contribution in [0.2, 0.25) is 0 Å². The quantitative estimate of drug-likeness (QED) is 0.213. The highest BCUT2D eigenvalue weighted by molar-refractivity contribution is 5.93. The summed E-state index contributed by atoms with van der Waals surface area (Å²) in [6, 6.07) is 14.5. The van der Waals surface area contributed by atoms with Gasteiger partial charge >= 0.3 is 18.1 Å². The van der Waals surface area contributed by atoms with Crippen molar-refractivity contribution in [2.45, 2.75) is 94.7 Å². The minimum Gasteiger partial charge on any atom is -0.383 e. The first kappa shape index (κ1) is 36.2. The molecule has 1 aliphatic heterocycles. The molecule has 0 spiro atoms. The van der Waals surface area contributed by atoms with Gasteiger partial charge in [0.25, 0.3) is 0 Å². The molecule has 1 saturated heterocycles. The van der Waals surface area contributed by atoms with Crippen molar-refractivity contribution in [2.75, 3.05) is 29.9 Å². The summed E-state index contributed by atoms with van der Waals surface area (Å²) < 4.78 is 72.1. The summed E-state index contributed by atoms with van der Waals surface area (Å²) in [6.45, 7) is 3.57. The molecule has 2 saturated carbocycles. The zero-order valence-corrected chi connectivity index (χ0v) is 29.2. The van der Waals surface area contributed by atoms with Crippen molar-refractivity contribution in [2.24, 2.45) is 17.3 Å². The van der Waals surface area contributed by atoms with Crippen LogP contribution in [-0.2, 0) is 4.79 Å². The first-order chi connectivity index (χ1) is 24.7. The molecule has 0 radical (unpaired) electrons. The van der Waals surface area contributed by atoms with Gasteiger partial charge in [0.05, 0.1) is 6.54 Å². The van der Waals surface area contributed by atoms with Crippen molar-refractivity contribution in [1.82, 2.24) is 5.32 Å². The molecule has 3 fully saturated rings. The van der Waals surface area contributed by atoms with E-state index in [1.165, 1.54) is 26.2 Å². The van der Waals surface area contributed by atoms with Gasteiger partial charge in [-0.25, -0.2) is 4.79 Å². The number of alkyl halides is 5. The van der Waals surface area contributed by atoms with Crippen LogP contribution in [0.25, 0.3) is 0 Å². The lowest BCUT2D eigenvalue weighted by atomic mass is 9.50. The Labute approximate surface area is 300 Å². The number of aliphatic hydroxyl groups is 1. The predicted octanol–water partition coefficient (Wildman–Crippen LogP) is 8.68. The fraction of sp³-hybridized carbons (Fsp3) is 0.512. The molecule has 6 nitrogen and oxygen atoms in total. The minimum absolute atomic E-state index is 0.0341. The molecule has 0 bridgehead atoms. The van der Waals surface area contributed by atoms with Crippen LogP contribution >= 0.6 is 0 Å². The Bertz CT molecular complexity index is 1840. The Hall–Kier alpha value is -4.17. The number of hydrogen-bond donors (Lipinski definition) is 3. The molecule has 4 aliphatic carbocycles. The Balaban J connectivity index is 1.08.